The molecule has 18 N–H and O–H groups in total. The molecule has 135 heavy (non-hydrogen) atoms. The molecule has 0 fully saturated rings. The molecule has 39 heteroatoms. The number of carboxylic acids is 3. The van der Waals surface area contributed by atoms with Crippen molar-refractivity contribution >= 4 is 128 Å². The van der Waals surface area contributed by atoms with Crippen LogP contribution in [0.3, 0.4) is 0 Å². The Morgan fingerprint density at radius 2 is 0.919 bits per heavy atom. The summed E-state index contributed by atoms with van der Waals surface area (Å²) in [6, 6.07) is 17.3. The monoisotopic (exact) mass is 1900 g/mol. The third-order valence-electron chi connectivity index (χ3n) is 23.3. The number of aryl methyl sites for hydroxylation is 1. The van der Waals surface area contributed by atoms with Crippen LogP contribution in [0.5, 0.6) is 11.5 Å². The maximum atomic E-state index is 14.9. The van der Waals surface area contributed by atoms with Crippen molar-refractivity contribution in [1.29, 1.82) is 0 Å². The lowest BCUT2D eigenvalue weighted by atomic mass is 9.85. The average molecular weight is 1900 g/mol. The molecule has 1 heterocycles. The Hall–Kier alpha value is -12.2. The first-order chi connectivity index (χ1) is 63.9. The fraction of sp³-hybridized carbons (Fsp3) is 0.542. The molecule has 0 spiro atoms. The Morgan fingerprint density at radius 3 is 1.47 bits per heavy atom. The van der Waals surface area contributed by atoms with E-state index in [2.05, 4.69) is 42.3 Å². The van der Waals surface area contributed by atoms with E-state index >= 15 is 0 Å². The van der Waals surface area contributed by atoms with E-state index in [0.717, 1.165) is 25.6 Å². The maximum Gasteiger partial charge on any atom is 0.304 e. The molecule has 0 unspecified atom stereocenters. The number of aliphatic hydroxyl groups excluding tert-OH is 4. The van der Waals surface area contributed by atoms with Gasteiger partial charge < -0.3 is 88.9 Å². The van der Waals surface area contributed by atoms with Gasteiger partial charge in [0.05, 0.1) is 122 Å². The van der Waals surface area contributed by atoms with Crippen molar-refractivity contribution in [2.24, 2.45) is 59.0 Å². The minimum absolute atomic E-state index is 0.0242. The zero-order valence-corrected chi connectivity index (χ0v) is 78.0. The van der Waals surface area contributed by atoms with Gasteiger partial charge >= 0.3 is 17.9 Å². The molecule has 1 aromatic heterocycles. The number of carboxylic acid groups (broad SMARTS) is 3. The number of unbranched alkanes of at least 4 members (excludes halogenated alkanes) is 1. The molecule has 738 valence electrons. The Balaban J connectivity index is 1.28. The van der Waals surface area contributed by atoms with Crippen molar-refractivity contribution < 1.29 is 132 Å². The molecule has 16 atom stereocenters. The molecule has 5 rings (SSSR count). The number of phenols is 2. The van der Waals surface area contributed by atoms with E-state index < -0.39 is 280 Å². The number of carbonyl (C=O) groups excluding carboxylic acids is 15. The number of amides is 7. The van der Waals surface area contributed by atoms with Gasteiger partial charge in [0.25, 0.3) is 5.56 Å². The number of Topliss-reactive ketones (excluding diaryl/α,β-unsaturated/α-hetero) is 8. The van der Waals surface area contributed by atoms with E-state index in [4.69, 9.17) is 5.73 Å². The van der Waals surface area contributed by atoms with E-state index in [1.54, 1.807) is 95.4 Å². The van der Waals surface area contributed by atoms with Crippen LogP contribution < -0.4 is 48.5 Å². The van der Waals surface area contributed by atoms with Crippen molar-refractivity contribution in [2.75, 3.05) is 37.8 Å². The number of fused-ring (bicyclic) bond motifs is 1. The number of thioether (sulfide) groups is 1. The third-order valence-corrected chi connectivity index (χ3v) is 24.3. The second-order valence-electron chi connectivity index (χ2n) is 35.0. The number of aromatic hydroxyl groups is 2. The van der Waals surface area contributed by atoms with Crippen molar-refractivity contribution in [3.63, 3.8) is 0 Å². The highest BCUT2D eigenvalue weighted by molar-refractivity contribution is 8.00. The highest BCUT2D eigenvalue weighted by Crippen LogP contribution is 2.27. The van der Waals surface area contributed by atoms with Crippen LogP contribution in [-0.4, -0.2) is 248 Å². The molecule has 0 aliphatic heterocycles. The van der Waals surface area contributed by atoms with Crippen LogP contribution in [0.1, 0.15) is 181 Å². The second kappa shape index (κ2) is 58.2. The first-order valence-corrected chi connectivity index (χ1v) is 46.4. The lowest BCUT2D eigenvalue weighted by molar-refractivity contribution is -0.143. The number of hydrogen-bond acceptors (Lipinski definition) is 28. The highest BCUT2D eigenvalue weighted by atomic mass is 32.2. The second-order valence-corrected chi connectivity index (χ2v) is 36.0. The number of phenolic OH excluding ortho intramolecular Hbond substituents is 2. The number of nitrogens with two attached hydrogens (primary N) is 1. The van der Waals surface area contributed by atoms with Crippen LogP contribution in [0.4, 0.5) is 0 Å². The summed E-state index contributed by atoms with van der Waals surface area (Å²) in [5.74, 6) is -30.0. The van der Waals surface area contributed by atoms with Gasteiger partial charge in [0.2, 0.25) is 41.4 Å². The molecule has 0 radical (unpaired) electrons. The summed E-state index contributed by atoms with van der Waals surface area (Å²) in [4.78, 5) is 261. The third kappa shape index (κ3) is 40.1. The van der Waals surface area contributed by atoms with E-state index in [1.165, 1.54) is 53.2 Å². The quantitative estimate of drug-likeness (QED) is 0.0248. The van der Waals surface area contributed by atoms with E-state index in [1.807, 2.05) is 0 Å². The SMILES string of the molecule is CC[C@H](C)[C@H](NC(=O)[C@H](CO)CC(=O)[C@H](Cc1ccc(O)cc1)NC(=O)[C@H](CC(=O)O)CC(=O)[C@H](CO)NC(=O)[C@@H](CC(=O)[C@H](Cc1ccccc1)NC(=O)[C@@H](CC(=O)CNC(=O)[C@H](CCC(=O)O)CC(=O)CSCC(=O)CCCn1ncc2ccccc2c1=O)[C@@H](C)O)[C@@H](C)O)C(=O)C[C@@H](Cc1ccc(O)cc1)C(=O)N[C@@H](CC(C)C)C(=O)C[C@@H](CC(=O)O)C(=O)N[C@H](C)CCCCN. The summed E-state index contributed by atoms with van der Waals surface area (Å²) < 4.78 is 1.26. The fourth-order valence-corrected chi connectivity index (χ4v) is 16.1. The standard InChI is InChI=1S/C96H130N10O28S/c1-8-55(4)88(84(120)42-64(36-60-23-28-68(111)29-24-60)91(129)101-76(35-54(2)3)80(116)40-65(44-86(123)124)90(128)100-56(5)17-14-15-33-97)105-93(131)67(50-107)43-81(117)77(38-61-25-30-69(112)31-26-61)102-92(130)66(45-87(125)126)41-82(118)79(51-108)104-95(133)75(58(7)110)47-83(119)78(37-59-18-10-9-11-19-59)103-94(132)74(57(6)109)46-71(114)49-98-89(127)62(27-32-85(121)122)39-72(115)53-135-52-70(113)21-16-34-106-96(134)73-22-13-12-20-63(73)48-99-106/h9-13,18-20,22-26,28-31,48,54-58,62,64-67,74-79,88,107-112H,8,14-17,21,27,32-47,49-53,97H2,1-7H3,(H,98,127)(H,100,128)(H,101,129)(H,102,130)(H,103,132)(H,104,133)(H,105,131)(H,121,122)(H,123,124)(H,125,126)/t55-,56+,57+,58+,62+,64+,65-,66-,67-,74-,75-,76-,77-,78-,79-,88-/m0/s1. The molecule has 0 saturated carbocycles. The molecule has 0 aliphatic carbocycles. The molecular weight excluding hydrogens is 1770 g/mol. The van der Waals surface area contributed by atoms with Crippen molar-refractivity contribution in [3.05, 3.63) is 136 Å². The Morgan fingerprint density at radius 1 is 0.437 bits per heavy atom. The molecule has 0 aliphatic rings. The highest BCUT2D eigenvalue weighted by Gasteiger charge is 2.41. The predicted molar refractivity (Wildman–Crippen MR) is 494 cm³/mol. The minimum atomic E-state index is -1.99. The number of nitrogens with one attached hydrogen (secondary N) is 7. The Bertz CT molecular complexity index is 4930. The van der Waals surface area contributed by atoms with Crippen LogP contribution >= 0.6 is 11.8 Å². The van der Waals surface area contributed by atoms with Gasteiger partial charge in [-0.1, -0.05) is 113 Å². The summed E-state index contributed by atoms with van der Waals surface area (Å²) in [6.45, 7) is 8.31. The predicted octanol–water partition coefficient (Wildman–Crippen LogP) is 3.47. The van der Waals surface area contributed by atoms with Gasteiger partial charge in [0, 0.05) is 87.6 Å². The van der Waals surface area contributed by atoms with Gasteiger partial charge in [-0.3, -0.25) is 91.1 Å². The van der Waals surface area contributed by atoms with Gasteiger partial charge in [-0.2, -0.15) is 5.10 Å². The van der Waals surface area contributed by atoms with Crippen LogP contribution in [0, 0.1) is 53.3 Å². The summed E-state index contributed by atoms with van der Waals surface area (Å²) in [5.41, 5.74) is 6.46. The number of benzene rings is 4. The first kappa shape index (κ1) is 113. The number of aromatic nitrogens is 2. The van der Waals surface area contributed by atoms with Crippen LogP contribution in [0.25, 0.3) is 10.8 Å². The topological polar surface area (TPSA) is 634 Å². The summed E-state index contributed by atoms with van der Waals surface area (Å²) in [7, 11) is 0. The van der Waals surface area contributed by atoms with Crippen molar-refractivity contribution in [2.45, 2.75) is 238 Å². The van der Waals surface area contributed by atoms with E-state index in [0.29, 0.717) is 47.7 Å². The summed E-state index contributed by atoms with van der Waals surface area (Å²) in [5, 5.41) is 116. The maximum absolute atomic E-state index is 14.9. The van der Waals surface area contributed by atoms with E-state index in [-0.39, 0.29) is 103 Å². The molecule has 38 nitrogen and oxygen atoms in total. The number of aliphatic carboxylic acids is 3. The summed E-state index contributed by atoms with van der Waals surface area (Å²) >= 11 is 0.970. The molecule has 0 saturated heterocycles. The zero-order valence-electron chi connectivity index (χ0n) is 77.2. The lowest BCUT2D eigenvalue weighted by Gasteiger charge is -2.28. The summed E-state index contributed by atoms with van der Waals surface area (Å²) in [6.07, 6.45) is -8.30. The van der Waals surface area contributed by atoms with Gasteiger partial charge in [0.1, 0.15) is 29.1 Å². The molecule has 0 bridgehead atoms. The zero-order chi connectivity index (χ0) is 100. The number of hydrogen-bond donors (Lipinski definition) is 17. The Kier molecular flexibility index (Phi) is 48.9. The first-order valence-electron chi connectivity index (χ1n) is 45.3. The van der Waals surface area contributed by atoms with Gasteiger partial charge in [0.15, 0.2) is 34.7 Å². The molecule has 7 amide bonds. The number of nitrogens with zero attached hydrogens (tertiary/aromatic N) is 2. The minimum Gasteiger partial charge on any atom is -0.508 e. The number of carbonyl (C=O) groups is 18. The smallest absolute Gasteiger partial charge is 0.304 e. The van der Waals surface area contributed by atoms with Crippen molar-refractivity contribution in [3.8, 4) is 11.5 Å². The molecule has 5 aromatic rings. The van der Waals surface area contributed by atoms with Crippen molar-refractivity contribution in [1.82, 2.24) is 47.0 Å². The van der Waals surface area contributed by atoms with E-state index in [9.17, 15) is 137 Å². The number of ketones is 8. The average Bonchev–Trinajstić information content (AvgIpc) is 0.810. The Labute approximate surface area is 786 Å². The normalized spacial score (nSPS) is 14.9. The number of aliphatic hydroxyl groups is 4. The van der Waals surface area contributed by atoms with Gasteiger partial charge in [-0.25, -0.2) is 4.68 Å². The van der Waals surface area contributed by atoms with Gasteiger partial charge in [-0.15, -0.1) is 11.8 Å². The van der Waals surface area contributed by atoms with Crippen LogP contribution in [0.2, 0.25) is 0 Å². The molecular formula is C96H130N10O28S. The number of rotatable bonds is 67. The fourth-order valence-electron chi connectivity index (χ4n) is 15.3. The van der Waals surface area contributed by atoms with Crippen LogP contribution in [-0.2, 0) is 112 Å². The van der Waals surface area contributed by atoms with Crippen LogP contribution in [0.15, 0.2) is 114 Å². The largest absolute Gasteiger partial charge is 0.508 e. The lowest BCUT2D eigenvalue weighted by Crippen LogP contribution is -2.52. The van der Waals surface area contributed by atoms with Gasteiger partial charge in [-0.05, 0) is 138 Å². The molecule has 4 aromatic carbocycles.